The van der Waals surface area contributed by atoms with Gasteiger partial charge in [-0.15, -0.1) is 0 Å². The summed E-state index contributed by atoms with van der Waals surface area (Å²) in [5.74, 6) is 0.778. The Morgan fingerprint density at radius 3 is 3.07 bits per heavy atom. The molecule has 80 valence electrons. The van der Waals surface area contributed by atoms with Crippen LogP contribution in [0.25, 0.3) is 11.0 Å². The minimum absolute atomic E-state index is 0.0979. The van der Waals surface area contributed by atoms with Crippen LogP contribution in [0, 0.1) is 6.92 Å². The van der Waals surface area contributed by atoms with Crippen LogP contribution in [0.2, 0.25) is 0 Å². The van der Waals surface area contributed by atoms with Crippen LogP contribution in [0.5, 0.6) is 0 Å². The first-order valence-corrected chi connectivity index (χ1v) is 5.03. The molecule has 0 saturated heterocycles. The summed E-state index contributed by atoms with van der Waals surface area (Å²) in [5.41, 5.74) is 7.63. The molecule has 2 rings (SSSR count). The van der Waals surface area contributed by atoms with Crippen LogP contribution in [-0.4, -0.2) is 17.7 Å². The van der Waals surface area contributed by atoms with Crippen molar-refractivity contribution in [2.45, 2.75) is 19.9 Å². The normalized spacial score (nSPS) is 13.0. The first-order valence-electron chi connectivity index (χ1n) is 5.03. The summed E-state index contributed by atoms with van der Waals surface area (Å²) in [6.07, 6.45) is 0. The van der Waals surface area contributed by atoms with Crippen LogP contribution in [0.4, 0.5) is 5.82 Å². The van der Waals surface area contributed by atoms with Crippen molar-refractivity contribution in [2.75, 3.05) is 11.9 Å². The smallest absolute Gasteiger partial charge is 0.177 e. The van der Waals surface area contributed by atoms with E-state index in [9.17, 15) is 0 Å². The number of rotatable bonds is 3. The third kappa shape index (κ3) is 1.94. The van der Waals surface area contributed by atoms with E-state index in [0.717, 1.165) is 22.4 Å². The maximum atomic E-state index is 5.67. The molecular weight excluding hydrogens is 190 g/mol. The molecule has 0 radical (unpaired) electrons. The van der Waals surface area contributed by atoms with E-state index in [2.05, 4.69) is 10.5 Å². The van der Waals surface area contributed by atoms with E-state index >= 15 is 0 Å². The molecule has 0 amide bonds. The molecule has 4 heteroatoms. The van der Waals surface area contributed by atoms with E-state index in [1.165, 1.54) is 0 Å². The van der Waals surface area contributed by atoms with Crippen LogP contribution in [0.1, 0.15) is 12.5 Å². The Balaban J connectivity index is 2.35. The summed E-state index contributed by atoms with van der Waals surface area (Å²) < 4.78 is 5.21. The van der Waals surface area contributed by atoms with Crippen molar-refractivity contribution >= 4 is 16.8 Å². The fraction of sp³-hybridized carbons (Fsp3) is 0.364. The van der Waals surface area contributed by atoms with Crippen molar-refractivity contribution in [1.29, 1.82) is 0 Å². The molecule has 1 atom stereocenters. The van der Waals surface area contributed by atoms with Gasteiger partial charge in [-0.05, 0) is 25.5 Å². The zero-order chi connectivity index (χ0) is 10.8. The Hall–Kier alpha value is -1.55. The molecule has 0 bridgehead atoms. The summed E-state index contributed by atoms with van der Waals surface area (Å²) >= 11 is 0. The van der Waals surface area contributed by atoms with E-state index in [1.54, 1.807) is 0 Å². The second-order valence-electron chi connectivity index (χ2n) is 3.84. The van der Waals surface area contributed by atoms with Crippen molar-refractivity contribution in [2.24, 2.45) is 5.73 Å². The minimum atomic E-state index is 0.0979. The maximum Gasteiger partial charge on any atom is 0.177 e. The summed E-state index contributed by atoms with van der Waals surface area (Å²) in [7, 11) is 0. The highest BCUT2D eigenvalue weighted by Gasteiger charge is 2.09. The van der Waals surface area contributed by atoms with E-state index in [-0.39, 0.29) is 6.04 Å². The van der Waals surface area contributed by atoms with Gasteiger partial charge in [0.2, 0.25) is 0 Å². The van der Waals surface area contributed by atoms with E-state index in [4.69, 9.17) is 10.3 Å². The highest BCUT2D eigenvalue weighted by molar-refractivity contribution is 5.90. The first kappa shape index (κ1) is 9.98. The van der Waals surface area contributed by atoms with E-state index in [0.29, 0.717) is 6.54 Å². The quantitative estimate of drug-likeness (QED) is 0.803. The maximum absolute atomic E-state index is 5.67. The second kappa shape index (κ2) is 3.90. The van der Waals surface area contributed by atoms with Crippen molar-refractivity contribution in [3.8, 4) is 0 Å². The SMILES string of the molecule is Cc1cccc2onc(NCC(C)N)c12. The number of hydrogen-bond acceptors (Lipinski definition) is 4. The van der Waals surface area contributed by atoms with E-state index < -0.39 is 0 Å². The number of anilines is 1. The Labute approximate surface area is 88.4 Å². The molecule has 0 aliphatic heterocycles. The predicted molar refractivity (Wildman–Crippen MR) is 60.9 cm³/mol. The number of nitrogens with two attached hydrogens (primary N) is 1. The van der Waals surface area contributed by atoms with Crippen LogP contribution in [-0.2, 0) is 0 Å². The number of hydrogen-bond donors (Lipinski definition) is 2. The molecule has 0 fully saturated rings. The number of aryl methyl sites for hydroxylation is 1. The van der Waals surface area contributed by atoms with Gasteiger partial charge in [0.05, 0.1) is 5.39 Å². The lowest BCUT2D eigenvalue weighted by Gasteiger charge is -2.06. The van der Waals surface area contributed by atoms with Gasteiger partial charge in [0.15, 0.2) is 11.4 Å². The van der Waals surface area contributed by atoms with Gasteiger partial charge in [-0.25, -0.2) is 0 Å². The number of aromatic nitrogens is 1. The molecule has 2 aromatic rings. The van der Waals surface area contributed by atoms with E-state index in [1.807, 2.05) is 32.0 Å². The van der Waals surface area contributed by atoms with Crippen molar-refractivity contribution < 1.29 is 4.52 Å². The lowest BCUT2D eigenvalue weighted by Crippen LogP contribution is -2.25. The number of nitrogens with zero attached hydrogens (tertiary/aromatic N) is 1. The molecular formula is C11H15N3O. The number of fused-ring (bicyclic) bond motifs is 1. The van der Waals surface area contributed by atoms with Gasteiger partial charge in [0.1, 0.15) is 0 Å². The highest BCUT2D eigenvalue weighted by Crippen LogP contribution is 2.25. The molecule has 15 heavy (non-hydrogen) atoms. The van der Waals surface area contributed by atoms with Gasteiger partial charge < -0.3 is 15.6 Å². The Morgan fingerprint density at radius 1 is 1.53 bits per heavy atom. The van der Waals surface area contributed by atoms with Gasteiger partial charge in [-0.3, -0.25) is 0 Å². The van der Waals surface area contributed by atoms with Crippen molar-refractivity contribution in [1.82, 2.24) is 5.16 Å². The molecule has 0 aliphatic carbocycles. The fourth-order valence-corrected chi connectivity index (χ4v) is 1.54. The topological polar surface area (TPSA) is 64.1 Å². The third-order valence-corrected chi connectivity index (χ3v) is 2.30. The molecule has 0 saturated carbocycles. The fourth-order valence-electron chi connectivity index (χ4n) is 1.54. The average Bonchev–Trinajstić information content (AvgIpc) is 2.59. The highest BCUT2D eigenvalue weighted by atomic mass is 16.5. The van der Waals surface area contributed by atoms with Gasteiger partial charge in [0, 0.05) is 12.6 Å². The number of benzene rings is 1. The molecule has 0 spiro atoms. The zero-order valence-corrected chi connectivity index (χ0v) is 8.95. The van der Waals surface area contributed by atoms with Gasteiger partial charge in [-0.2, -0.15) is 0 Å². The Bertz CT molecular complexity index is 462. The molecule has 1 aromatic heterocycles. The summed E-state index contributed by atoms with van der Waals surface area (Å²) in [6, 6.07) is 6.00. The summed E-state index contributed by atoms with van der Waals surface area (Å²) in [5, 5.41) is 8.20. The molecule has 3 N–H and O–H groups in total. The average molecular weight is 205 g/mol. The summed E-state index contributed by atoms with van der Waals surface area (Å²) in [4.78, 5) is 0. The molecule has 1 unspecified atom stereocenters. The molecule has 1 heterocycles. The van der Waals surface area contributed by atoms with Crippen LogP contribution in [0.15, 0.2) is 22.7 Å². The molecule has 4 nitrogen and oxygen atoms in total. The zero-order valence-electron chi connectivity index (χ0n) is 8.95. The van der Waals surface area contributed by atoms with Crippen molar-refractivity contribution in [3.05, 3.63) is 23.8 Å². The lowest BCUT2D eigenvalue weighted by atomic mass is 10.1. The Kier molecular flexibility index (Phi) is 2.60. The van der Waals surface area contributed by atoms with Crippen LogP contribution in [0.3, 0.4) is 0 Å². The van der Waals surface area contributed by atoms with Gasteiger partial charge >= 0.3 is 0 Å². The minimum Gasteiger partial charge on any atom is -0.365 e. The molecule has 1 aromatic carbocycles. The van der Waals surface area contributed by atoms with Crippen LogP contribution >= 0.6 is 0 Å². The first-order chi connectivity index (χ1) is 7.18. The number of nitrogens with one attached hydrogen (secondary N) is 1. The monoisotopic (exact) mass is 205 g/mol. The standard InChI is InChI=1S/C11H15N3O/c1-7-4-3-5-9-10(7)11(14-15-9)13-6-8(2)12/h3-5,8H,6,12H2,1-2H3,(H,13,14). The largest absolute Gasteiger partial charge is 0.365 e. The van der Waals surface area contributed by atoms with Crippen LogP contribution < -0.4 is 11.1 Å². The Morgan fingerprint density at radius 2 is 2.33 bits per heavy atom. The third-order valence-electron chi connectivity index (χ3n) is 2.30. The predicted octanol–water partition coefficient (Wildman–Crippen LogP) is 1.90. The van der Waals surface area contributed by atoms with Crippen molar-refractivity contribution in [3.63, 3.8) is 0 Å². The second-order valence-corrected chi connectivity index (χ2v) is 3.84. The van der Waals surface area contributed by atoms with Gasteiger partial charge in [0.25, 0.3) is 0 Å². The van der Waals surface area contributed by atoms with Gasteiger partial charge in [-0.1, -0.05) is 17.3 Å². The summed E-state index contributed by atoms with van der Waals surface area (Å²) in [6.45, 7) is 4.68. The lowest BCUT2D eigenvalue weighted by molar-refractivity contribution is 0.459. The molecule has 0 aliphatic rings.